The van der Waals surface area contributed by atoms with Gasteiger partial charge in [0.05, 0.1) is 5.54 Å². The molecule has 0 bridgehead atoms. The third kappa shape index (κ3) is 6.82. The Balaban J connectivity index is 2.47. The Labute approximate surface area is 136 Å². The predicted octanol–water partition coefficient (Wildman–Crippen LogP) is 4.02. The van der Waals surface area contributed by atoms with Crippen LogP contribution in [0, 0.1) is 5.92 Å². The van der Waals surface area contributed by atoms with Crippen molar-refractivity contribution in [3.8, 4) is 0 Å². The maximum atomic E-state index is 12.1. The second-order valence-electron chi connectivity index (χ2n) is 7.40. The number of carbonyl (C=O) groups excluding carboxylic acids is 1. The first-order valence-corrected chi connectivity index (χ1v) is 8.67. The minimum Gasteiger partial charge on any atom is -0.444 e. The maximum Gasteiger partial charge on any atom is 0.408 e. The number of rotatable bonds is 7. The van der Waals surface area contributed by atoms with E-state index in [0.717, 1.165) is 38.3 Å². The third-order valence-corrected chi connectivity index (χ3v) is 4.39. The van der Waals surface area contributed by atoms with E-state index in [4.69, 9.17) is 4.74 Å². The van der Waals surface area contributed by atoms with Gasteiger partial charge in [0.2, 0.25) is 0 Å². The van der Waals surface area contributed by atoms with Crippen LogP contribution < -0.4 is 10.6 Å². The van der Waals surface area contributed by atoms with Crippen molar-refractivity contribution in [1.82, 2.24) is 10.6 Å². The first-order valence-electron chi connectivity index (χ1n) is 8.67. The number of allylic oxidation sites excluding steroid dienone is 2. The van der Waals surface area contributed by atoms with Crippen LogP contribution in [0.2, 0.25) is 0 Å². The molecule has 0 aromatic carbocycles. The molecule has 0 radical (unpaired) electrons. The summed E-state index contributed by atoms with van der Waals surface area (Å²) in [5.41, 5.74) is -0.688. The molecule has 1 aliphatic carbocycles. The normalized spacial score (nSPS) is 19.0. The lowest BCUT2D eigenvalue weighted by atomic mass is 9.91. The second kappa shape index (κ2) is 8.56. The van der Waals surface area contributed by atoms with Crippen molar-refractivity contribution < 1.29 is 9.53 Å². The zero-order valence-electron chi connectivity index (χ0n) is 15.0. The number of amides is 1. The molecule has 0 aromatic rings. The quantitative estimate of drug-likeness (QED) is 0.698. The summed E-state index contributed by atoms with van der Waals surface area (Å²) in [6.45, 7) is 11.7. The Morgan fingerprint density at radius 1 is 1.23 bits per heavy atom. The minimum atomic E-state index is -0.459. The van der Waals surface area contributed by atoms with Gasteiger partial charge in [0.15, 0.2) is 0 Å². The molecule has 2 N–H and O–H groups in total. The van der Waals surface area contributed by atoms with Crippen LogP contribution >= 0.6 is 0 Å². The van der Waals surface area contributed by atoms with E-state index in [9.17, 15) is 4.79 Å². The predicted molar refractivity (Wildman–Crippen MR) is 92.0 cm³/mol. The molecule has 1 aliphatic rings. The summed E-state index contributed by atoms with van der Waals surface area (Å²) < 4.78 is 5.41. The van der Waals surface area contributed by atoms with Gasteiger partial charge in [0, 0.05) is 6.54 Å². The van der Waals surface area contributed by atoms with Crippen molar-refractivity contribution in [1.29, 1.82) is 0 Å². The van der Waals surface area contributed by atoms with E-state index in [1.165, 1.54) is 12.8 Å². The molecule has 128 valence electrons. The third-order valence-electron chi connectivity index (χ3n) is 4.39. The van der Waals surface area contributed by atoms with Crippen LogP contribution in [-0.2, 0) is 4.74 Å². The number of hydrogen-bond acceptors (Lipinski definition) is 3. The second-order valence-corrected chi connectivity index (χ2v) is 7.40. The highest BCUT2D eigenvalue weighted by atomic mass is 16.6. The number of alkyl carbamates (subject to hydrolysis) is 1. The molecule has 4 heteroatoms. The van der Waals surface area contributed by atoms with Crippen molar-refractivity contribution in [2.24, 2.45) is 5.92 Å². The Kier molecular flexibility index (Phi) is 7.40. The summed E-state index contributed by atoms with van der Waals surface area (Å²) in [5.74, 6) is 0.720. The number of hydrogen-bond donors (Lipinski definition) is 2. The topological polar surface area (TPSA) is 50.4 Å². The first kappa shape index (κ1) is 19.0. The molecule has 1 rings (SSSR count). The fourth-order valence-electron chi connectivity index (χ4n) is 2.80. The molecule has 1 amide bonds. The van der Waals surface area contributed by atoms with Gasteiger partial charge in [0.1, 0.15) is 5.60 Å². The highest BCUT2D eigenvalue weighted by molar-refractivity contribution is 5.68. The molecule has 1 atom stereocenters. The number of carbonyl (C=O) groups is 1. The lowest BCUT2D eigenvalue weighted by molar-refractivity contribution is 0.0445. The summed E-state index contributed by atoms with van der Waals surface area (Å²) in [6.07, 6.45) is 9.62. The van der Waals surface area contributed by atoms with E-state index >= 15 is 0 Å². The molecular weight excluding hydrogens is 276 g/mol. The van der Waals surface area contributed by atoms with E-state index in [1.54, 1.807) is 0 Å². The summed E-state index contributed by atoms with van der Waals surface area (Å²) in [5, 5.41) is 6.65. The SMILES string of the molecule is CCC(CC)(CNCC1CC=CCC1)NC(=O)OC(C)(C)C. The largest absolute Gasteiger partial charge is 0.444 e. The monoisotopic (exact) mass is 310 g/mol. The maximum absolute atomic E-state index is 12.1. The molecule has 1 unspecified atom stereocenters. The van der Waals surface area contributed by atoms with Crippen LogP contribution in [0.15, 0.2) is 12.2 Å². The zero-order chi connectivity index (χ0) is 16.6. The highest BCUT2D eigenvalue weighted by Gasteiger charge is 2.30. The Hall–Kier alpha value is -1.03. The van der Waals surface area contributed by atoms with Gasteiger partial charge in [-0.15, -0.1) is 0 Å². The summed E-state index contributed by atoms with van der Waals surface area (Å²) in [6, 6.07) is 0. The smallest absolute Gasteiger partial charge is 0.408 e. The first-order chi connectivity index (χ1) is 10.3. The fraction of sp³-hybridized carbons (Fsp3) is 0.833. The van der Waals surface area contributed by atoms with Gasteiger partial charge in [-0.25, -0.2) is 4.79 Å². The van der Waals surface area contributed by atoms with Crippen LogP contribution in [0.1, 0.15) is 66.7 Å². The Bertz CT molecular complexity index is 368. The lowest BCUT2D eigenvalue weighted by Gasteiger charge is -2.34. The van der Waals surface area contributed by atoms with Crippen LogP contribution in [-0.4, -0.2) is 30.3 Å². The van der Waals surface area contributed by atoms with Gasteiger partial charge >= 0.3 is 6.09 Å². The molecule has 0 spiro atoms. The molecule has 0 heterocycles. The summed E-state index contributed by atoms with van der Waals surface area (Å²) in [4.78, 5) is 12.1. The van der Waals surface area contributed by atoms with Crippen molar-refractivity contribution in [3.05, 3.63) is 12.2 Å². The van der Waals surface area contributed by atoms with Crippen LogP contribution in [0.25, 0.3) is 0 Å². The average Bonchev–Trinajstić information content (AvgIpc) is 2.45. The molecule has 0 saturated carbocycles. The lowest BCUT2D eigenvalue weighted by Crippen LogP contribution is -2.55. The Morgan fingerprint density at radius 3 is 2.41 bits per heavy atom. The van der Waals surface area contributed by atoms with Gasteiger partial charge < -0.3 is 15.4 Å². The van der Waals surface area contributed by atoms with E-state index in [2.05, 4.69) is 36.6 Å². The van der Waals surface area contributed by atoms with E-state index in [1.807, 2.05) is 20.8 Å². The Morgan fingerprint density at radius 2 is 1.91 bits per heavy atom. The molecule has 0 aliphatic heterocycles. The standard InChI is InChI=1S/C18H34N2O2/c1-6-18(7-2,20-16(21)22-17(3,4)5)14-19-13-15-11-9-8-10-12-15/h8-9,15,19H,6-7,10-14H2,1-5H3,(H,20,21). The average molecular weight is 310 g/mol. The highest BCUT2D eigenvalue weighted by Crippen LogP contribution is 2.19. The van der Waals surface area contributed by atoms with Gasteiger partial charge in [-0.3, -0.25) is 0 Å². The summed E-state index contributed by atoms with van der Waals surface area (Å²) >= 11 is 0. The van der Waals surface area contributed by atoms with Crippen molar-refractivity contribution in [2.45, 2.75) is 77.9 Å². The number of ether oxygens (including phenoxy) is 1. The number of nitrogens with one attached hydrogen (secondary N) is 2. The van der Waals surface area contributed by atoms with Crippen LogP contribution in [0.5, 0.6) is 0 Å². The zero-order valence-corrected chi connectivity index (χ0v) is 15.0. The molecule has 0 saturated heterocycles. The van der Waals surface area contributed by atoms with E-state index in [-0.39, 0.29) is 11.6 Å². The molecular formula is C18H34N2O2. The van der Waals surface area contributed by atoms with Gasteiger partial charge in [-0.2, -0.15) is 0 Å². The van der Waals surface area contributed by atoms with Crippen LogP contribution in [0.3, 0.4) is 0 Å². The van der Waals surface area contributed by atoms with Crippen molar-refractivity contribution in [3.63, 3.8) is 0 Å². The molecule has 22 heavy (non-hydrogen) atoms. The van der Waals surface area contributed by atoms with E-state index < -0.39 is 5.60 Å². The van der Waals surface area contributed by atoms with Gasteiger partial charge in [0.25, 0.3) is 0 Å². The van der Waals surface area contributed by atoms with Crippen molar-refractivity contribution >= 4 is 6.09 Å². The van der Waals surface area contributed by atoms with Gasteiger partial charge in [-0.05, 0) is 65.3 Å². The molecule has 4 nitrogen and oxygen atoms in total. The molecule has 0 aromatic heterocycles. The fourth-order valence-corrected chi connectivity index (χ4v) is 2.80. The molecule has 0 fully saturated rings. The summed E-state index contributed by atoms with van der Waals surface area (Å²) in [7, 11) is 0. The van der Waals surface area contributed by atoms with Crippen molar-refractivity contribution in [2.75, 3.05) is 13.1 Å². The van der Waals surface area contributed by atoms with Gasteiger partial charge in [-0.1, -0.05) is 26.0 Å². The van der Waals surface area contributed by atoms with E-state index in [0.29, 0.717) is 0 Å². The minimum absolute atomic E-state index is 0.229. The van der Waals surface area contributed by atoms with Crippen LogP contribution in [0.4, 0.5) is 4.79 Å².